The van der Waals surface area contributed by atoms with Gasteiger partial charge < -0.3 is 16.2 Å². The van der Waals surface area contributed by atoms with Gasteiger partial charge in [-0.25, -0.2) is 0 Å². The zero-order valence-electron chi connectivity index (χ0n) is 8.95. The lowest BCUT2D eigenvalue weighted by Gasteiger charge is -2.14. The van der Waals surface area contributed by atoms with Crippen molar-refractivity contribution in [3.8, 4) is 0 Å². The van der Waals surface area contributed by atoms with Crippen LogP contribution in [0.3, 0.4) is 0 Å². The van der Waals surface area contributed by atoms with Gasteiger partial charge in [-0.2, -0.15) is 0 Å². The third kappa shape index (κ3) is 2.92. The molecule has 1 amide bonds. The first-order chi connectivity index (χ1) is 7.02. The van der Waals surface area contributed by atoms with E-state index in [0.29, 0.717) is 19.3 Å². The first-order valence-corrected chi connectivity index (χ1v) is 5.28. The Hall–Kier alpha value is -1.10. The van der Waals surface area contributed by atoms with E-state index in [1.807, 2.05) is 6.92 Å². The molecule has 1 fully saturated rings. The standard InChI is InChI=1S/C10H18N2O3/c1-2-3-7(11)8(13)12-6-10(4-5-10)9(14)15/h7H,2-6,11H2,1H3,(H,12,13)(H,14,15). The molecule has 0 radical (unpaired) electrons. The molecule has 5 heteroatoms. The van der Waals surface area contributed by atoms with E-state index < -0.39 is 17.4 Å². The number of amides is 1. The average Bonchev–Trinajstić information content (AvgIpc) is 2.95. The van der Waals surface area contributed by atoms with Crippen molar-refractivity contribution in [3.05, 3.63) is 0 Å². The lowest BCUT2D eigenvalue weighted by Crippen LogP contribution is -2.43. The number of carboxylic acid groups (broad SMARTS) is 1. The minimum Gasteiger partial charge on any atom is -0.481 e. The first-order valence-electron chi connectivity index (χ1n) is 5.28. The molecule has 0 spiro atoms. The minimum atomic E-state index is -0.827. The molecule has 1 atom stereocenters. The molecule has 15 heavy (non-hydrogen) atoms. The molecule has 1 aliphatic carbocycles. The maximum Gasteiger partial charge on any atom is 0.311 e. The van der Waals surface area contributed by atoms with Gasteiger partial charge in [0.15, 0.2) is 0 Å². The highest BCUT2D eigenvalue weighted by molar-refractivity contribution is 5.83. The quantitative estimate of drug-likeness (QED) is 0.584. The number of hydrogen-bond acceptors (Lipinski definition) is 3. The molecule has 0 aromatic heterocycles. The fourth-order valence-corrected chi connectivity index (χ4v) is 1.45. The number of nitrogens with two attached hydrogens (primary N) is 1. The molecule has 5 nitrogen and oxygen atoms in total. The van der Waals surface area contributed by atoms with Gasteiger partial charge in [-0.05, 0) is 19.3 Å². The van der Waals surface area contributed by atoms with Crippen molar-refractivity contribution in [2.24, 2.45) is 11.1 Å². The van der Waals surface area contributed by atoms with Crippen molar-refractivity contribution in [1.29, 1.82) is 0 Å². The molecule has 4 N–H and O–H groups in total. The van der Waals surface area contributed by atoms with Gasteiger partial charge in [0.1, 0.15) is 0 Å². The van der Waals surface area contributed by atoms with E-state index in [9.17, 15) is 9.59 Å². The molecular weight excluding hydrogens is 196 g/mol. The normalized spacial score (nSPS) is 19.3. The van der Waals surface area contributed by atoms with Gasteiger partial charge in [0.05, 0.1) is 11.5 Å². The Kier molecular flexibility index (Phi) is 3.68. The highest BCUT2D eigenvalue weighted by Crippen LogP contribution is 2.45. The van der Waals surface area contributed by atoms with Crippen molar-refractivity contribution in [2.45, 2.75) is 38.6 Å². The first kappa shape index (κ1) is 12.0. The number of rotatable bonds is 6. The van der Waals surface area contributed by atoms with Crippen molar-refractivity contribution in [3.63, 3.8) is 0 Å². The highest BCUT2D eigenvalue weighted by Gasteiger charge is 2.50. The molecule has 0 aromatic carbocycles. The van der Waals surface area contributed by atoms with Gasteiger partial charge >= 0.3 is 5.97 Å². The second-order valence-corrected chi connectivity index (χ2v) is 4.20. The van der Waals surface area contributed by atoms with Crippen LogP contribution in [-0.4, -0.2) is 29.6 Å². The largest absolute Gasteiger partial charge is 0.481 e. The second-order valence-electron chi connectivity index (χ2n) is 4.20. The molecule has 1 unspecified atom stereocenters. The SMILES string of the molecule is CCCC(N)C(=O)NCC1(C(=O)O)CC1. The smallest absolute Gasteiger partial charge is 0.311 e. The summed E-state index contributed by atoms with van der Waals surface area (Å²) in [4.78, 5) is 22.2. The molecule has 0 bridgehead atoms. The van der Waals surface area contributed by atoms with E-state index in [1.54, 1.807) is 0 Å². The number of carbonyl (C=O) groups is 2. The number of carboxylic acids is 1. The lowest BCUT2D eigenvalue weighted by atomic mass is 10.1. The van der Waals surface area contributed by atoms with Crippen LogP contribution in [0, 0.1) is 5.41 Å². The van der Waals surface area contributed by atoms with Crippen molar-refractivity contribution < 1.29 is 14.7 Å². The number of aliphatic carboxylic acids is 1. The fraction of sp³-hybridized carbons (Fsp3) is 0.800. The maximum atomic E-state index is 11.4. The van der Waals surface area contributed by atoms with Crippen LogP contribution in [0.15, 0.2) is 0 Å². The number of hydrogen-bond donors (Lipinski definition) is 3. The Balaban J connectivity index is 2.31. The predicted octanol–water partition coefficient (Wildman–Crippen LogP) is 0.0948. The Morgan fingerprint density at radius 2 is 2.13 bits per heavy atom. The molecule has 0 saturated heterocycles. The van der Waals surface area contributed by atoms with Gasteiger partial charge in [-0.1, -0.05) is 13.3 Å². The van der Waals surface area contributed by atoms with Crippen LogP contribution in [-0.2, 0) is 9.59 Å². The summed E-state index contributed by atoms with van der Waals surface area (Å²) < 4.78 is 0. The monoisotopic (exact) mass is 214 g/mol. The number of nitrogens with one attached hydrogen (secondary N) is 1. The third-order valence-corrected chi connectivity index (χ3v) is 2.84. The minimum absolute atomic E-state index is 0.207. The highest BCUT2D eigenvalue weighted by atomic mass is 16.4. The molecule has 0 heterocycles. The van der Waals surface area contributed by atoms with Gasteiger partial charge in [0, 0.05) is 6.54 Å². The van der Waals surface area contributed by atoms with Crippen LogP contribution < -0.4 is 11.1 Å². The topological polar surface area (TPSA) is 92.4 Å². The molecule has 1 saturated carbocycles. The molecule has 0 aromatic rings. The Morgan fingerprint density at radius 1 is 1.53 bits per heavy atom. The Morgan fingerprint density at radius 3 is 2.53 bits per heavy atom. The Labute approximate surface area is 89.0 Å². The fourth-order valence-electron chi connectivity index (χ4n) is 1.45. The Bertz CT molecular complexity index is 261. The van der Waals surface area contributed by atoms with E-state index >= 15 is 0 Å². The molecule has 1 rings (SSSR count). The van der Waals surface area contributed by atoms with Crippen molar-refractivity contribution in [2.75, 3.05) is 6.54 Å². The van der Waals surface area contributed by atoms with Gasteiger partial charge in [0.25, 0.3) is 0 Å². The van der Waals surface area contributed by atoms with E-state index in [4.69, 9.17) is 10.8 Å². The van der Waals surface area contributed by atoms with Crippen LogP contribution in [0.2, 0.25) is 0 Å². The van der Waals surface area contributed by atoms with Crippen LogP contribution in [0.5, 0.6) is 0 Å². The van der Waals surface area contributed by atoms with E-state index in [1.165, 1.54) is 0 Å². The molecule has 86 valence electrons. The summed E-state index contributed by atoms with van der Waals surface area (Å²) in [6.45, 7) is 2.16. The van der Waals surface area contributed by atoms with Crippen LogP contribution >= 0.6 is 0 Å². The van der Waals surface area contributed by atoms with E-state index in [2.05, 4.69) is 5.32 Å². The second kappa shape index (κ2) is 4.61. The summed E-state index contributed by atoms with van der Waals surface area (Å²) in [6.07, 6.45) is 2.77. The zero-order chi connectivity index (χ0) is 11.5. The van der Waals surface area contributed by atoms with Crippen LogP contribution in [0.1, 0.15) is 32.6 Å². The van der Waals surface area contributed by atoms with E-state index in [-0.39, 0.29) is 12.5 Å². The van der Waals surface area contributed by atoms with Crippen LogP contribution in [0.4, 0.5) is 0 Å². The molecular formula is C10H18N2O3. The van der Waals surface area contributed by atoms with E-state index in [0.717, 1.165) is 6.42 Å². The summed E-state index contributed by atoms with van der Waals surface area (Å²) >= 11 is 0. The molecule has 1 aliphatic rings. The summed E-state index contributed by atoms with van der Waals surface area (Å²) in [5, 5.41) is 11.5. The summed E-state index contributed by atoms with van der Waals surface area (Å²) in [5.41, 5.74) is 4.89. The van der Waals surface area contributed by atoms with Gasteiger partial charge in [-0.15, -0.1) is 0 Å². The van der Waals surface area contributed by atoms with Crippen LogP contribution in [0.25, 0.3) is 0 Å². The summed E-state index contributed by atoms with van der Waals surface area (Å²) in [5.74, 6) is -1.07. The maximum absolute atomic E-state index is 11.4. The average molecular weight is 214 g/mol. The number of carbonyl (C=O) groups excluding carboxylic acids is 1. The predicted molar refractivity (Wildman–Crippen MR) is 55.2 cm³/mol. The zero-order valence-corrected chi connectivity index (χ0v) is 8.95. The van der Waals surface area contributed by atoms with Crippen molar-refractivity contribution >= 4 is 11.9 Å². The molecule has 0 aliphatic heterocycles. The lowest BCUT2D eigenvalue weighted by molar-refractivity contribution is -0.143. The third-order valence-electron chi connectivity index (χ3n) is 2.84. The van der Waals surface area contributed by atoms with Crippen molar-refractivity contribution in [1.82, 2.24) is 5.32 Å². The summed E-state index contributed by atoms with van der Waals surface area (Å²) in [7, 11) is 0. The van der Waals surface area contributed by atoms with Gasteiger partial charge in [0.2, 0.25) is 5.91 Å². The summed E-state index contributed by atoms with van der Waals surface area (Å²) in [6, 6.07) is -0.514. The van der Waals surface area contributed by atoms with Gasteiger partial charge in [-0.3, -0.25) is 9.59 Å².